The van der Waals surface area contributed by atoms with Gasteiger partial charge in [0.15, 0.2) is 0 Å². The van der Waals surface area contributed by atoms with Gasteiger partial charge in [-0.05, 0) is 39.3 Å². The first kappa shape index (κ1) is 16.2. The molecule has 108 valence electrons. The second kappa shape index (κ2) is 7.09. The first-order valence-corrected chi connectivity index (χ1v) is 7.59. The predicted molar refractivity (Wildman–Crippen MR) is 78.2 cm³/mol. The Morgan fingerprint density at radius 3 is 2.50 bits per heavy atom. The molecule has 3 nitrogen and oxygen atoms in total. The van der Waals surface area contributed by atoms with Crippen molar-refractivity contribution in [1.29, 1.82) is 0 Å². The molecule has 0 radical (unpaired) electrons. The highest BCUT2D eigenvalue weighted by Crippen LogP contribution is 2.24. The summed E-state index contributed by atoms with van der Waals surface area (Å²) in [5.41, 5.74) is 0.130. The van der Waals surface area contributed by atoms with Crippen molar-refractivity contribution in [2.75, 3.05) is 26.2 Å². The van der Waals surface area contributed by atoms with Gasteiger partial charge in [0.25, 0.3) is 0 Å². The molecule has 0 saturated carbocycles. The van der Waals surface area contributed by atoms with E-state index in [0.29, 0.717) is 5.92 Å². The van der Waals surface area contributed by atoms with E-state index < -0.39 is 0 Å². The summed E-state index contributed by atoms with van der Waals surface area (Å²) in [6, 6.07) is 0. The van der Waals surface area contributed by atoms with Crippen LogP contribution in [0.15, 0.2) is 0 Å². The maximum atomic E-state index is 6.58. The van der Waals surface area contributed by atoms with Crippen molar-refractivity contribution in [2.45, 2.75) is 58.2 Å². The van der Waals surface area contributed by atoms with E-state index in [1.807, 2.05) is 0 Å². The molecule has 0 aromatic rings. The van der Waals surface area contributed by atoms with Gasteiger partial charge in [0, 0.05) is 12.1 Å². The Morgan fingerprint density at radius 1 is 1.39 bits per heavy atom. The highest BCUT2D eigenvalue weighted by atomic mass is 35.5. The smallest absolute Gasteiger partial charge is 0.125 e. The number of ether oxygens (including phenoxy) is 1. The lowest BCUT2D eigenvalue weighted by Crippen LogP contribution is -2.57. The minimum atomic E-state index is -0.0269. The fourth-order valence-electron chi connectivity index (χ4n) is 2.40. The molecule has 1 heterocycles. The summed E-state index contributed by atoms with van der Waals surface area (Å²) in [7, 11) is 0. The number of hydrogen-bond acceptors (Lipinski definition) is 3. The molecule has 1 fully saturated rings. The zero-order valence-corrected chi connectivity index (χ0v) is 13.3. The number of alkyl halides is 1. The Hall–Kier alpha value is 0.170. The van der Waals surface area contributed by atoms with E-state index in [9.17, 15) is 0 Å². The second-order valence-electron chi connectivity index (χ2n) is 5.98. The van der Waals surface area contributed by atoms with E-state index >= 15 is 0 Å². The lowest BCUT2D eigenvalue weighted by molar-refractivity contribution is -0.0482. The van der Waals surface area contributed by atoms with Crippen LogP contribution in [0.4, 0.5) is 0 Å². The van der Waals surface area contributed by atoms with Gasteiger partial charge >= 0.3 is 0 Å². The topological polar surface area (TPSA) is 24.5 Å². The summed E-state index contributed by atoms with van der Waals surface area (Å²) >= 11 is 6.58. The van der Waals surface area contributed by atoms with Gasteiger partial charge in [0.1, 0.15) is 6.23 Å². The predicted octanol–water partition coefficient (Wildman–Crippen LogP) is 2.69. The minimum Gasteiger partial charge on any atom is -0.362 e. The molecule has 1 N–H and O–H groups in total. The molecule has 18 heavy (non-hydrogen) atoms. The lowest BCUT2D eigenvalue weighted by Gasteiger charge is -2.41. The molecular weight excluding hydrogens is 248 g/mol. The third kappa shape index (κ3) is 4.69. The molecule has 4 heteroatoms. The average molecular weight is 277 g/mol. The molecular formula is C14H29ClN2O. The number of hydrogen-bond donors (Lipinski definition) is 1. The van der Waals surface area contributed by atoms with Crippen LogP contribution in [0.5, 0.6) is 0 Å². The van der Waals surface area contributed by atoms with E-state index in [0.717, 1.165) is 32.7 Å². The molecule has 3 unspecified atom stereocenters. The normalized spacial score (nSPS) is 27.2. The quantitative estimate of drug-likeness (QED) is 0.755. The van der Waals surface area contributed by atoms with Gasteiger partial charge in [-0.25, -0.2) is 0 Å². The first-order valence-electron chi connectivity index (χ1n) is 7.15. The van der Waals surface area contributed by atoms with Crippen molar-refractivity contribution in [1.82, 2.24) is 10.2 Å². The maximum absolute atomic E-state index is 6.58. The molecule has 0 spiro atoms. The van der Waals surface area contributed by atoms with Crippen LogP contribution in [0.1, 0.15) is 41.0 Å². The molecule has 0 amide bonds. The van der Waals surface area contributed by atoms with E-state index in [4.69, 9.17) is 16.3 Å². The third-order valence-corrected chi connectivity index (χ3v) is 4.49. The SMILES string of the molecule is CCN(CC)CC(C)C(Cl)C1NC(C)(C)CCO1. The molecule has 0 aromatic heterocycles. The monoisotopic (exact) mass is 276 g/mol. The van der Waals surface area contributed by atoms with Crippen LogP contribution in [-0.4, -0.2) is 48.3 Å². The van der Waals surface area contributed by atoms with Gasteiger partial charge in [-0.3, -0.25) is 5.32 Å². The van der Waals surface area contributed by atoms with Gasteiger partial charge in [-0.15, -0.1) is 11.6 Å². The number of nitrogens with zero attached hydrogens (tertiary/aromatic N) is 1. The van der Waals surface area contributed by atoms with E-state index in [1.165, 1.54) is 0 Å². The highest BCUT2D eigenvalue weighted by Gasteiger charge is 2.34. The molecule has 1 aliphatic rings. The van der Waals surface area contributed by atoms with Crippen LogP contribution in [0, 0.1) is 5.92 Å². The Bertz CT molecular complexity index is 244. The molecule has 0 bridgehead atoms. The Balaban J connectivity index is 2.49. The summed E-state index contributed by atoms with van der Waals surface area (Å²) in [4.78, 5) is 2.41. The second-order valence-corrected chi connectivity index (χ2v) is 6.48. The molecule has 1 rings (SSSR count). The van der Waals surface area contributed by atoms with Gasteiger partial charge < -0.3 is 9.64 Å². The molecule has 3 atom stereocenters. The number of rotatable bonds is 6. The Labute approximate surface area is 117 Å². The summed E-state index contributed by atoms with van der Waals surface area (Å²) < 4.78 is 5.78. The molecule has 0 aliphatic carbocycles. The number of halogens is 1. The Morgan fingerprint density at radius 2 is 2.00 bits per heavy atom. The zero-order chi connectivity index (χ0) is 13.8. The summed E-state index contributed by atoms with van der Waals surface area (Å²) in [6.45, 7) is 15.0. The van der Waals surface area contributed by atoms with Gasteiger partial charge in [-0.2, -0.15) is 0 Å². The van der Waals surface area contributed by atoms with Crippen LogP contribution < -0.4 is 5.32 Å². The highest BCUT2D eigenvalue weighted by molar-refractivity contribution is 6.21. The number of nitrogens with one attached hydrogen (secondary N) is 1. The van der Waals surface area contributed by atoms with Crippen molar-refractivity contribution in [3.8, 4) is 0 Å². The van der Waals surface area contributed by atoms with Crippen LogP contribution >= 0.6 is 11.6 Å². The average Bonchev–Trinajstić information content (AvgIpc) is 2.33. The van der Waals surface area contributed by atoms with Crippen LogP contribution in [0.25, 0.3) is 0 Å². The largest absolute Gasteiger partial charge is 0.362 e. The Kier molecular flexibility index (Phi) is 6.39. The van der Waals surface area contributed by atoms with Crippen molar-refractivity contribution in [3.05, 3.63) is 0 Å². The van der Waals surface area contributed by atoms with Crippen molar-refractivity contribution in [2.24, 2.45) is 5.92 Å². The van der Waals surface area contributed by atoms with Gasteiger partial charge in [0.2, 0.25) is 0 Å². The fraction of sp³-hybridized carbons (Fsp3) is 1.00. The molecule has 1 aliphatic heterocycles. The summed E-state index contributed by atoms with van der Waals surface area (Å²) in [6.07, 6.45) is 1.01. The van der Waals surface area contributed by atoms with Gasteiger partial charge in [0.05, 0.1) is 12.0 Å². The molecule has 1 saturated heterocycles. The van der Waals surface area contributed by atoms with E-state index in [2.05, 4.69) is 44.8 Å². The van der Waals surface area contributed by atoms with E-state index in [-0.39, 0.29) is 17.1 Å². The summed E-state index contributed by atoms with van der Waals surface area (Å²) in [5, 5.41) is 3.53. The van der Waals surface area contributed by atoms with E-state index in [1.54, 1.807) is 0 Å². The van der Waals surface area contributed by atoms with Crippen LogP contribution in [0.2, 0.25) is 0 Å². The third-order valence-electron chi connectivity index (χ3n) is 3.83. The maximum Gasteiger partial charge on any atom is 0.125 e. The lowest BCUT2D eigenvalue weighted by atomic mass is 9.97. The van der Waals surface area contributed by atoms with Crippen molar-refractivity contribution < 1.29 is 4.74 Å². The standard InChI is InChI=1S/C14H29ClN2O/c1-6-17(7-2)10-11(3)12(15)13-16-14(4,5)8-9-18-13/h11-13,16H,6-10H2,1-5H3. The fourth-order valence-corrected chi connectivity index (χ4v) is 2.62. The molecule has 0 aromatic carbocycles. The summed E-state index contributed by atoms with van der Waals surface area (Å²) in [5.74, 6) is 0.415. The van der Waals surface area contributed by atoms with Crippen molar-refractivity contribution in [3.63, 3.8) is 0 Å². The minimum absolute atomic E-state index is 0.0187. The first-order chi connectivity index (χ1) is 8.39. The van der Waals surface area contributed by atoms with Gasteiger partial charge in [-0.1, -0.05) is 20.8 Å². The van der Waals surface area contributed by atoms with Crippen LogP contribution in [-0.2, 0) is 4.74 Å². The zero-order valence-electron chi connectivity index (χ0n) is 12.5. The van der Waals surface area contributed by atoms with Crippen molar-refractivity contribution >= 4 is 11.6 Å². The van der Waals surface area contributed by atoms with Crippen LogP contribution in [0.3, 0.4) is 0 Å².